The zero-order valence-electron chi connectivity index (χ0n) is 10.2. The van der Waals surface area contributed by atoms with Crippen molar-refractivity contribution in [1.82, 2.24) is 4.90 Å². The molecule has 1 saturated heterocycles. The van der Waals surface area contributed by atoms with Gasteiger partial charge in [0.25, 0.3) is 5.79 Å². The lowest BCUT2D eigenvalue weighted by atomic mass is 10.2. The first kappa shape index (κ1) is 13.1. The SMILES string of the molecule is CN(C)C=CC(O)=C1C(=O)OC(C)(C)OC1=O. The number of hydrogen-bond acceptors (Lipinski definition) is 6. The van der Waals surface area contributed by atoms with E-state index in [-0.39, 0.29) is 0 Å². The van der Waals surface area contributed by atoms with E-state index in [1.165, 1.54) is 26.1 Å². The second-order valence-electron chi connectivity index (χ2n) is 4.22. The van der Waals surface area contributed by atoms with E-state index in [0.717, 1.165) is 0 Å². The fourth-order valence-electron chi connectivity index (χ4n) is 1.16. The van der Waals surface area contributed by atoms with Crippen LogP contribution in [0.15, 0.2) is 23.6 Å². The quantitative estimate of drug-likeness (QED) is 0.332. The second kappa shape index (κ2) is 4.48. The first-order valence-electron chi connectivity index (χ1n) is 4.97. The molecule has 0 aromatic rings. The van der Waals surface area contributed by atoms with Crippen molar-refractivity contribution in [2.75, 3.05) is 14.1 Å². The minimum Gasteiger partial charge on any atom is -0.507 e. The van der Waals surface area contributed by atoms with Gasteiger partial charge in [-0.3, -0.25) is 0 Å². The van der Waals surface area contributed by atoms with Gasteiger partial charge in [-0.25, -0.2) is 9.59 Å². The Morgan fingerprint density at radius 1 is 1.24 bits per heavy atom. The molecule has 6 heteroatoms. The van der Waals surface area contributed by atoms with E-state index in [1.807, 2.05) is 0 Å². The molecular weight excluding hydrogens is 226 g/mol. The summed E-state index contributed by atoms with van der Waals surface area (Å²) < 4.78 is 9.67. The Hall–Kier alpha value is -1.98. The Bertz CT molecular complexity index is 384. The van der Waals surface area contributed by atoms with Crippen molar-refractivity contribution in [1.29, 1.82) is 0 Å². The van der Waals surface area contributed by atoms with E-state index in [9.17, 15) is 14.7 Å². The van der Waals surface area contributed by atoms with Gasteiger partial charge in [-0.05, 0) is 6.08 Å². The molecule has 0 aliphatic carbocycles. The van der Waals surface area contributed by atoms with Crippen molar-refractivity contribution >= 4 is 11.9 Å². The standard InChI is InChI=1S/C11H15NO5/c1-11(2)16-9(14)8(10(15)17-11)7(13)5-6-12(3)4/h5-6,13H,1-4H3. The maximum absolute atomic E-state index is 11.5. The highest BCUT2D eigenvalue weighted by Gasteiger charge is 2.40. The summed E-state index contributed by atoms with van der Waals surface area (Å²) in [6.07, 6.45) is 2.71. The topological polar surface area (TPSA) is 76.1 Å². The molecule has 1 rings (SSSR count). The molecule has 0 radical (unpaired) electrons. The molecule has 1 fully saturated rings. The van der Waals surface area contributed by atoms with Crippen molar-refractivity contribution in [3.63, 3.8) is 0 Å². The maximum Gasteiger partial charge on any atom is 0.352 e. The Balaban J connectivity index is 3.02. The number of carbonyl (C=O) groups is 2. The van der Waals surface area contributed by atoms with Gasteiger partial charge in [0, 0.05) is 34.1 Å². The number of allylic oxidation sites excluding steroid dienone is 1. The van der Waals surface area contributed by atoms with Gasteiger partial charge in [0.15, 0.2) is 5.57 Å². The summed E-state index contributed by atoms with van der Waals surface area (Å²) in [5, 5.41) is 9.60. The largest absolute Gasteiger partial charge is 0.507 e. The van der Waals surface area contributed by atoms with Crippen molar-refractivity contribution in [3.8, 4) is 0 Å². The highest BCUT2D eigenvalue weighted by atomic mass is 16.7. The second-order valence-corrected chi connectivity index (χ2v) is 4.22. The van der Waals surface area contributed by atoms with Crippen LogP contribution < -0.4 is 0 Å². The molecule has 17 heavy (non-hydrogen) atoms. The lowest BCUT2D eigenvalue weighted by molar-refractivity contribution is -0.222. The monoisotopic (exact) mass is 241 g/mol. The van der Waals surface area contributed by atoms with Gasteiger partial charge < -0.3 is 19.5 Å². The van der Waals surface area contributed by atoms with E-state index in [1.54, 1.807) is 19.0 Å². The zero-order chi connectivity index (χ0) is 13.2. The molecule has 0 bridgehead atoms. The Kier molecular flexibility index (Phi) is 3.45. The van der Waals surface area contributed by atoms with Gasteiger partial charge in [0.1, 0.15) is 5.76 Å². The van der Waals surface area contributed by atoms with Crippen LogP contribution in [0.4, 0.5) is 0 Å². The number of cyclic esters (lactones) is 2. The van der Waals surface area contributed by atoms with Crippen LogP contribution in [-0.4, -0.2) is 41.8 Å². The first-order valence-corrected chi connectivity index (χ1v) is 4.97. The van der Waals surface area contributed by atoms with E-state index in [4.69, 9.17) is 9.47 Å². The first-order chi connectivity index (χ1) is 7.73. The molecule has 0 unspecified atom stereocenters. The highest BCUT2D eigenvalue weighted by molar-refractivity contribution is 6.16. The molecular formula is C11H15NO5. The van der Waals surface area contributed by atoms with Crippen molar-refractivity contribution in [2.45, 2.75) is 19.6 Å². The normalized spacial score (nSPS) is 18.9. The molecule has 94 valence electrons. The average molecular weight is 241 g/mol. The summed E-state index contributed by atoms with van der Waals surface area (Å²) in [6.45, 7) is 2.87. The Labute approximate surface area is 99.1 Å². The fraction of sp³-hybridized carbons (Fsp3) is 0.455. The summed E-state index contributed by atoms with van der Waals surface area (Å²) in [7, 11) is 3.46. The van der Waals surface area contributed by atoms with Crippen molar-refractivity contribution in [2.24, 2.45) is 0 Å². The summed E-state index contributed by atoms with van der Waals surface area (Å²) in [4.78, 5) is 24.7. The lowest BCUT2D eigenvalue weighted by Crippen LogP contribution is -2.42. The van der Waals surface area contributed by atoms with Crippen LogP contribution >= 0.6 is 0 Å². The molecule has 1 aliphatic heterocycles. The minimum absolute atomic E-state index is 0.482. The molecule has 0 atom stereocenters. The average Bonchev–Trinajstić information content (AvgIpc) is 2.11. The van der Waals surface area contributed by atoms with Crippen LogP contribution in [0.1, 0.15) is 13.8 Å². The van der Waals surface area contributed by atoms with Crippen LogP contribution in [0.2, 0.25) is 0 Å². The van der Waals surface area contributed by atoms with Crippen molar-refractivity contribution < 1.29 is 24.2 Å². The molecule has 0 spiro atoms. The zero-order valence-corrected chi connectivity index (χ0v) is 10.2. The Morgan fingerprint density at radius 2 is 1.71 bits per heavy atom. The number of hydrogen-bond donors (Lipinski definition) is 1. The third-order valence-corrected chi connectivity index (χ3v) is 1.87. The number of esters is 2. The summed E-state index contributed by atoms with van der Waals surface area (Å²) in [5.41, 5.74) is -0.498. The van der Waals surface area contributed by atoms with E-state index >= 15 is 0 Å². The molecule has 0 amide bonds. The number of aliphatic hydroxyl groups is 1. The van der Waals surface area contributed by atoms with Crippen LogP contribution in [0.3, 0.4) is 0 Å². The van der Waals surface area contributed by atoms with Gasteiger partial charge in [-0.15, -0.1) is 0 Å². The van der Waals surface area contributed by atoms with Crippen LogP contribution in [0.25, 0.3) is 0 Å². The highest BCUT2D eigenvalue weighted by Crippen LogP contribution is 2.24. The molecule has 0 aromatic heterocycles. The minimum atomic E-state index is -1.30. The maximum atomic E-state index is 11.5. The lowest BCUT2D eigenvalue weighted by Gasteiger charge is -2.29. The molecule has 6 nitrogen and oxygen atoms in total. The fourth-order valence-corrected chi connectivity index (χ4v) is 1.16. The molecule has 1 aliphatic rings. The summed E-state index contributed by atoms with van der Waals surface area (Å²) in [6, 6.07) is 0. The number of ether oxygens (including phenoxy) is 2. The van der Waals surface area contributed by atoms with Gasteiger partial charge in [0.2, 0.25) is 0 Å². The number of carbonyl (C=O) groups excluding carboxylic acids is 2. The van der Waals surface area contributed by atoms with Crippen LogP contribution in [0, 0.1) is 0 Å². The van der Waals surface area contributed by atoms with E-state index < -0.39 is 29.1 Å². The third-order valence-electron chi connectivity index (χ3n) is 1.87. The Morgan fingerprint density at radius 3 is 2.12 bits per heavy atom. The molecule has 1 heterocycles. The summed E-state index contributed by atoms with van der Waals surface area (Å²) in [5.74, 6) is -3.58. The molecule has 0 saturated carbocycles. The number of aliphatic hydroxyl groups excluding tert-OH is 1. The van der Waals surface area contributed by atoms with Crippen LogP contribution in [-0.2, 0) is 19.1 Å². The molecule has 1 N–H and O–H groups in total. The van der Waals surface area contributed by atoms with Gasteiger partial charge in [-0.2, -0.15) is 0 Å². The van der Waals surface area contributed by atoms with E-state index in [0.29, 0.717) is 0 Å². The van der Waals surface area contributed by atoms with Gasteiger partial charge in [0.05, 0.1) is 0 Å². The molecule has 0 aromatic carbocycles. The third kappa shape index (κ3) is 3.24. The summed E-state index contributed by atoms with van der Waals surface area (Å²) >= 11 is 0. The smallest absolute Gasteiger partial charge is 0.352 e. The predicted molar refractivity (Wildman–Crippen MR) is 58.7 cm³/mol. The van der Waals surface area contributed by atoms with Gasteiger partial charge >= 0.3 is 11.9 Å². The van der Waals surface area contributed by atoms with Crippen molar-refractivity contribution in [3.05, 3.63) is 23.6 Å². The van der Waals surface area contributed by atoms with Crippen LogP contribution in [0.5, 0.6) is 0 Å². The predicted octanol–water partition coefficient (Wildman–Crippen LogP) is 0.710. The van der Waals surface area contributed by atoms with Gasteiger partial charge in [-0.1, -0.05) is 0 Å². The number of rotatable bonds is 2. The van der Waals surface area contributed by atoms with E-state index in [2.05, 4.69) is 0 Å². The number of nitrogens with zero attached hydrogens (tertiary/aromatic N) is 1.